The molecular weight excluding hydrogens is 204 g/mol. The first kappa shape index (κ1) is 12.4. The van der Waals surface area contributed by atoms with E-state index >= 15 is 0 Å². The van der Waals surface area contributed by atoms with Gasteiger partial charge in [-0.15, -0.1) is 0 Å². The lowest BCUT2D eigenvalue weighted by Gasteiger charge is -2.09. The Kier molecular flexibility index (Phi) is 4.23. The molecular formula is C13H16O3. The van der Waals surface area contributed by atoms with Gasteiger partial charge in [-0.1, -0.05) is 31.2 Å². The van der Waals surface area contributed by atoms with Crippen LogP contribution in [0.4, 0.5) is 0 Å². The molecule has 0 bridgehead atoms. The number of ether oxygens (including phenoxy) is 1. The Morgan fingerprint density at radius 3 is 2.50 bits per heavy atom. The zero-order valence-electron chi connectivity index (χ0n) is 9.82. The third kappa shape index (κ3) is 2.92. The van der Waals surface area contributed by atoms with Crippen molar-refractivity contribution in [2.24, 2.45) is 5.92 Å². The van der Waals surface area contributed by atoms with Crippen LogP contribution in [0.5, 0.6) is 0 Å². The Morgan fingerprint density at radius 1 is 1.31 bits per heavy atom. The van der Waals surface area contributed by atoms with Crippen LogP contribution in [-0.4, -0.2) is 18.9 Å². The number of hydrogen-bond acceptors (Lipinski definition) is 3. The van der Waals surface area contributed by atoms with Crippen molar-refractivity contribution in [3.05, 3.63) is 35.4 Å². The summed E-state index contributed by atoms with van der Waals surface area (Å²) in [7, 11) is 1.33. The topological polar surface area (TPSA) is 43.4 Å². The monoisotopic (exact) mass is 220 g/mol. The van der Waals surface area contributed by atoms with E-state index in [0.29, 0.717) is 5.56 Å². The maximum absolute atomic E-state index is 11.9. The predicted octanol–water partition coefficient (Wildman–Crippen LogP) is 2.38. The summed E-state index contributed by atoms with van der Waals surface area (Å²) in [6.07, 6.45) is 0.192. The van der Waals surface area contributed by atoms with Crippen LogP contribution in [0.2, 0.25) is 0 Å². The molecule has 3 nitrogen and oxygen atoms in total. The van der Waals surface area contributed by atoms with Gasteiger partial charge in [-0.2, -0.15) is 0 Å². The van der Waals surface area contributed by atoms with Gasteiger partial charge in [0.25, 0.3) is 0 Å². The number of Topliss-reactive ketones (excluding diaryl/α,β-unsaturated/α-hetero) is 1. The summed E-state index contributed by atoms with van der Waals surface area (Å²) in [4.78, 5) is 23.1. The normalized spacial score (nSPS) is 11.9. The van der Waals surface area contributed by atoms with Crippen LogP contribution in [0.1, 0.15) is 29.3 Å². The second-order valence-corrected chi connectivity index (χ2v) is 3.87. The molecule has 1 aromatic carbocycles. The SMILES string of the molecule is COC(=O)C(C)CC(=O)c1ccccc1C. The Bertz CT molecular complexity index is 396. The molecule has 0 radical (unpaired) electrons. The molecule has 3 heteroatoms. The van der Waals surface area contributed by atoms with E-state index in [0.717, 1.165) is 5.56 Å². The summed E-state index contributed by atoms with van der Waals surface area (Å²) in [5, 5.41) is 0. The van der Waals surface area contributed by atoms with E-state index in [4.69, 9.17) is 0 Å². The fraction of sp³-hybridized carbons (Fsp3) is 0.385. The van der Waals surface area contributed by atoms with Gasteiger partial charge in [-0.05, 0) is 12.5 Å². The molecule has 86 valence electrons. The minimum atomic E-state index is -0.392. The summed E-state index contributed by atoms with van der Waals surface area (Å²) in [5.74, 6) is -0.755. The van der Waals surface area contributed by atoms with Crippen LogP contribution in [0.25, 0.3) is 0 Å². The summed E-state index contributed by atoms with van der Waals surface area (Å²) in [6, 6.07) is 7.37. The largest absolute Gasteiger partial charge is 0.469 e. The quantitative estimate of drug-likeness (QED) is 0.578. The van der Waals surface area contributed by atoms with Crippen molar-refractivity contribution in [3.8, 4) is 0 Å². The maximum atomic E-state index is 11.9. The minimum absolute atomic E-state index is 0.0176. The highest BCUT2D eigenvalue weighted by atomic mass is 16.5. The van der Waals surface area contributed by atoms with E-state index < -0.39 is 5.92 Å². The molecule has 1 aromatic rings. The van der Waals surface area contributed by atoms with Crippen molar-refractivity contribution in [1.82, 2.24) is 0 Å². The number of rotatable bonds is 4. The molecule has 1 rings (SSSR count). The number of methoxy groups -OCH3 is 1. The van der Waals surface area contributed by atoms with E-state index in [9.17, 15) is 9.59 Å². The van der Waals surface area contributed by atoms with Crippen LogP contribution >= 0.6 is 0 Å². The molecule has 0 amide bonds. The number of benzene rings is 1. The molecule has 0 N–H and O–H groups in total. The lowest BCUT2D eigenvalue weighted by molar-refractivity contribution is -0.144. The third-order valence-electron chi connectivity index (χ3n) is 2.54. The first-order valence-electron chi connectivity index (χ1n) is 5.23. The zero-order valence-corrected chi connectivity index (χ0v) is 9.82. The fourth-order valence-corrected chi connectivity index (χ4v) is 1.56. The number of ketones is 1. The van der Waals surface area contributed by atoms with Gasteiger partial charge in [0.1, 0.15) is 0 Å². The average molecular weight is 220 g/mol. The number of hydrogen-bond donors (Lipinski definition) is 0. The van der Waals surface area contributed by atoms with Crippen LogP contribution in [-0.2, 0) is 9.53 Å². The third-order valence-corrected chi connectivity index (χ3v) is 2.54. The van der Waals surface area contributed by atoms with Crippen molar-refractivity contribution in [2.75, 3.05) is 7.11 Å². The summed E-state index contributed by atoms with van der Waals surface area (Å²) in [6.45, 7) is 3.58. The molecule has 0 aliphatic carbocycles. The lowest BCUT2D eigenvalue weighted by Crippen LogP contribution is -2.17. The predicted molar refractivity (Wildman–Crippen MR) is 61.3 cm³/mol. The first-order valence-corrected chi connectivity index (χ1v) is 5.23. The van der Waals surface area contributed by atoms with Crippen LogP contribution in [0, 0.1) is 12.8 Å². The van der Waals surface area contributed by atoms with Gasteiger partial charge >= 0.3 is 5.97 Å². The molecule has 0 saturated carbocycles. The highest BCUT2D eigenvalue weighted by Crippen LogP contribution is 2.14. The molecule has 1 atom stereocenters. The van der Waals surface area contributed by atoms with E-state index in [1.54, 1.807) is 13.0 Å². The van der Waals surface area contributed by atoms with Crippen LogP contribution < -0.4 is 0 Å². The Balaban J connectivity index is 2.73. The Hall–Kier alpha value is -1.64. The molecule has 0 fully saturated rings. The second-order valence-electron chi connectivity index (χ2n) is 3.87. The summed E-state index contributed by atoms with van der Waals surface area (Å²) in [5.41, 5.74) is 1.61. The number of carbonyl (C=O) groups is 2. The average Bonchev–Trinajstić information content (AvgIpc) is 2.28. The maximum Gasteiger partial charge on any atom is 0.308 e. The first-order chi connectivity index (χ1) is 7.56. The number of aryl methyl sites for hydroxylation is 1. The highest BCUT2D eigenvalue weighted by molar-refractivity contribution is 5.99. The van der Waals surface area contributed by atoms with E-state index in [2.05, 4.69) is 4.74 Å². The standard InChI is InChI=1S/C13H16O3/c1-9-6-4-5-7-11(9)12(14)8-10(2)13(15)16-3/h4-7,10H,8H2,1-3H3. The summed E-state index contributed by atoms with van der Waals surface area (Å²) >= 11 is 0. The van der Waals surface area contributed by atoms with Crippen LogP contribution in [0.3, 0.4) is 0 Å². The Morgan fingerprint density at radius 2 is 1.94 bits per heavy atom. The molecule has 0 spiro atoms. The second kappa shape index (κ2) is 5.45. The smallest absolute Gasteiger partial charge is 0.308 e. The van der Waals surface area contributed by atoms with Crippen LogP contribution in [0.15, 0.2) is 24.3 Å². The lowest BCUT2D eigenvalue weighted by atomic mass is 9.97. The van der Waals surface area contributed by atoms with E-state index in [1.165, 1.54) is 7.11 Å². The van der Waals surface area contributed by atoms with Crippen molar-refractivity contribution in [1.29, 1.82) is 0 Å². The van der Waals surface area contributed by atoms with Gasteiger partial charge in [-0.25, -0.2) is 0 Å². The van der Waals surface area contributed by atoms with Crippen molar-refractivity contribution < 1.29 is 14.3 Å². The molecule has 0 saturated heterocycles. The minimum Gasteiger partial charge on any atom is -0.469 e. The van der Waals surface area contributed by atoms with Gasteiger partial charge < -0.3 is 4.74 Å². The fourth-order valence-electron chi connectivity index (χ4n) is 1.56. The van der Waals surface area contributed by atoms with Crippen molar-refractivity contribution in [3.63, 3.8) is 0 Å². The molecule has 0 aliphatic rings. The molecule has 0 heterocycles. The summed E-state index contributed by atoms with van der Waals surface area (Å²) < 4.78 is 4.59. The zero-order chi connectivity index (χ0) is 12.1. The Labute approximate surface area is 95.4 Å². The highest BCUT2D eigenvalue weighted by Gasteiger charge is 2.19. The molecule has 1 unspecified atom stereocenters. The van der Waals surface area contributed by atoms with E-state index in [1.807, 2.05) is 25.1 Å². The van der Waals surface area contributed by atoms with Crippen molar-refractivity contribution in [2.45, 2.75) is 20.3 Å². The number of carbonyl (C=O) groups excluding carboxylic acids is 2. The van der Waals surface area contributed by atoms with Gasteiger partial charge in [-0.3, -0.25) is 9.59 Å². The van der Waals surface area contributed by atoms with Gasteiger partial charge in [0.05, 0.1) is 13.0 Å². The molecule has 0 aliphatic heterocycles. The molecule has 16 heavy (non-hydrogen) atoms. The molecule has 0 aromatic heterocycles. The van der Waals surface area contributed by atoms with Gasteiger partial charge in [0.15, 0.2) is 5.78 Å². The van der Waals surface area contributed by atoms with Crippen molar-refractivity contribution >= 4 is 11.8 Å². The van der Waals surface area contributed by atoms with Gasteiger partial charge in [0.2, 0.25) is 0 Å². The van der Waals surface area contributed by atoms with E-state index in [-0.39, 0.29) is 18.2 Å². The van der Waals surface area contributed by atoms with Gasteiger partial charge in [0, 0.05) is 12.0 Å². The number of esters is 1.